The van der Waals surface area contributed by atoms with Gasteiger partial charge in [-0.25, -0.2) is 26.0 Å². The van der Waals surface area contributed by atoms with E-state index in [1.165, 1.54) is 38.7 Å². The van der Waals surface area contributed by atoms with Gasteiger partial charge in [0.2, 0.25) is 15.9 Å². The van der Waals surface area contributed by atoms with Crippen molar-refractivity contribution < 1.29 is 40.6 Å². The predicted octanol–water partition coefficient (Wildman–Crippen LogP) is 4.94. The molecule has 0 bridgehead atoms. The Kier molecular flexibility index (Phi) is 7.90. The zero-order valence-electron chi connectivity index (χ0n) is 20.9. The maximum Gasteiger partial charge on any atom is 0.312 e. The quantitative estimate of drug-likeness (QED) is 0.341. The van der Waals surface area contributed by atoms with Gasteiger partial charge in [-0.15, -0.1) is 11.8 Å². The highest BCUT2D eigenvalue weighted by Gasteiger charge is 2.50. The molecule has 1 aliphatic carbocycles. The Morgan fingerprint density at radius 1 is 1.25 bits per heavy atom. The topological polar surface area (TPSA) is 87.1 Å². The molecule has 0 unspecified atom stereocenters. The lowest BCUT2D eigenvalue weighted by Crippen LogP contribution is -2.54. The number of carbonyl (C=O) groups is 1. The van der Waals surface area contributed by atoms with Crippen LogP contribution in [0.5, 0.6) is 5.75 Å². The van der Waals surface area contributed by atoms with Gasteiger partial charge in [0.25, 0.3) is 5.92 Å². The minimum atomic E-state index is -4.22. The van der Waals surface area contributed by atoms with Crippen molar-refractivity contribution in [2.75, 3.05) is 31.4 Å². The van der Waals surface area contributed by atoms with Gasteiger partial charge in [0, 0.05) is 51.0 Å². The Labute approximate surface area is 213 Å². The number of ether oxygens (including phenoxy) is 1. The van der Waals surface area contributed by atoms with E-state index in [0.29, 0.717) is 4.90 Å². The number of alkyl halides is 4. The first-order chi connectivity index (χ1) is 16.4. The number of fused-ring (bicyclic) bond motifs is 1. The third-order valence-corrected chi connectivity index (χ3v) is 9.42. The van der Waals surface area contributed by atoms with Crippen molar-refractivity contribution in [2.24, 2.45) is 5.41 Å². The number of hydrogen-bond acceptors (Lipinski definition) is 6. The monoisotopic (exact) mass is 556 g/mol. The molecule has 36 heavy (non-hydrogen) atoms. The normalized spacial score (nSPS) is 22.5. The van der Waals surface area contributed by atoms with Gasteiger partial charge in [0.1, 0.15) is 17.3 Å². The lowest BCUT2D eigenvalue weighted by atomic mass is 9.86. The van der Waals surface area contributed by atoms with Gasteiger partial charge in [-0.2, -0.15) is 4.31 Å². The molecule has 0 amide bonds. The molecule has 1 heterocycles. The molecule has 0 saturated heterocycles. The van der Waals surface area contributed by atoms with E-state index in [2.05, 4.69) is 0 Å². The van der Waals surface area contributed by atoms with Crippen LogP contribution in [0.15, 0.2) is 21.9 Å². The molecule has 1 atom stereocenters. The molecule has 204 valence electrons. The summed E-state index contributed by atoms with van der Waals surface area (Å²) < 4.78 is 89.0. The number of aliphatic carboxylic acids is 1. The zero-order valence-corrected chi connectivity index (χ0v) is 22.5. The highest BCUT2D eigenvalue weighted by Crippen LogP contribution is 2.47. The van der Waals surface area contributed by atoms with E-state index in [4.69, 9.17) is 4.74 Å². The molecule has 1 aromatic rings. The van der Waals surface area contributed by atoms with Gasteiger partial charge in [0.15, 0.2) is 0 Å². The summed E-state index contributed by atoms with van der Waals surface area (Å²) in [4.78, 5) is 13.4. The van der Waals surface area contributed by atoms with Gasteiger partial charge >= 0.3 is 5.97 Å². The number of anilines is 1. The van der Waals surface area contributed by atoms with Crippen molar-refractivity contribution in [3.63, 3.8) is 0 Å². The molecule has 13 heteroatoms. The summed E-state index contributed by atoms with van der Waals surface area (Å²) in [6.07, 6.45) is 0.0802. The number of sulfonamides is 1. The first-order valence-electron chi connectivity index (χ1n) is 11.5. The molecule has 1 fully saturated rings. The maximum atomic E-state index is 13.8. The highest BCUT2D eigenvalue weighted by atomic mass is 32.2. The average molecular weight is 557 g/mol. The predicted molar refractivity (Wildman–Crippen MR) is 129 cm³/mol. The fourth-order valence-corrected chi connectivity index (χ4v) is 6.35. The van der Waals surface area contributed by atoms with Crippen molar-refractivity contribution in [1.29, 1.82) is 0 Å². The van der Waals surface area contributed by atoms with Crippen LogP contribution in [0.2, 0.25) is 0 Å². The van der Waals surface area contributed by atoms with Crippen molar-refractivity contribution in [3.8, 4) is 5.75 Å². The molecule has 0 radical (unpaired) electrons. The van der Waals surface area contributed by atoms with Crippen molar-refractivity contribution in [1.82, 2.24) is 4.31 Å². The van der Waals surface area contributed by atoms with Gasteiger partial charge in [-0.05, 0) is 39.5 Å². The van der Waals surface area contributed by atoms with Crippen LogP contribution in [-0.4, -0.2) is 74.2 Å². The van der Waals surface area contributed by atoms with E-state index < -0.39 is 64.6 Å². The Morgan fingerprint density at radius 2 is 1.86 bits per heavy atom. The molecule has 1 saturated carbocycles. The number of carboxylic acids is 1. The van der Waals surface area contributed by atoms with Gasteiger partial charge in [-0.1, -0.05) is 0 Å². The second-order valence-corrected chi connectivity index (χ2v) is 13.1. The number of benzene rings is 1. The number of rotatable bonds is 9. The largest absolute Gasteiger partial charge is 0.491 e. The first kappa shape index (κ1) is 28.8. The van der Waals surface area contributed by atoms with Crippen LogP contribution in [0, 0.1) is 5.41 Å². The van der Waals surface area contributed by atoms with Crippen molar-refractivity contribution in [2.45, 2.75) is 80.2 Å². The summed E-state index contributed by atoms with van der Waals surface area (Å²) in [6, 6.07) is 1.31. The molecule has 2 aliphatic rings. The van der Waals surface area contributed by atoms with Crippen LogP contribution < -0.4 is 9.64 Å². The van der Waals surface area contributed by atoms with Crippen LogP contribution in [0.1, 0.15) is 46.5 Å². The Bertz CT molecular complexity index is 1100. The lowest BCUT2D eigenvalue weighted by Gasteiger charge is -2.44. The first-order valence-corrected chi connectivity index (χ1v) is 14.1. The van der Waals surface area contributed by atoms with E-state index in [0.717, 1.165) is 11.2 Å². The number of nitrogens with zero attached hydrogens (tertiary/aromatic N) is 2. The molecule has 3 rings (SSSR count). The van der Waals surface area contributed by atoms with Gasteiger partial charge in [0.05, 0.1) is 16.0 Å². The van der Waals surface area contributed by atoms with Crippen LogP contribution >= 0.6 is 11.8 Å². The van der Waals surface area contributed by atoms with E-state index in [-0.39, 0.29) is 35.9 Å². The third-order valence-electron chi connectivity index (χ3n) is 6.73. The summed E-state index contributed by atoms with van der Waals surface area (Å²) in [6.45, 7) is 3.44. The van der Waals surface area contributed by atoms with Crippen LogP contribution in [0.4, 0.5) is 23.2 Å². The van der Waals surface area contributed by atoms with Gasteiger partial charge < -0.3 is 14.7 Å². The fraction of sp³-hybridized carbons (Fsp3) is 0.696. The minimum absolute atomic E-state index is 0.0143. The summed E-state index contributed by atoms with van der Waals surface area (Å²) in [5, 5.41) is 9.39. The molecule has 0 aromatic heterocycles. The number of halogens is 4. The van der Waals surface area contributed by atoms with Crippen LogP contribution in [-0.2, 0) is 14.8 Å². The molecule has 1 aromatic carbocycles. The van der Waals surface area contributed by atoms with Crippen molar-refractivity contribution in [3.05, 3.63) is 12.1 Å². The number of carboxylic acid groups (broad SMARTS) is 1. The second kappa shape index (κ2) is 9.86. The molecule has 1 aliphatic heterocycles. The summed E-state index contributed by atoms with van der Waals surface area (Å²) >= 11 is 1.23. The van der Waals surface area contributed by atoms with E-state index in [9.17, 15) is 35.9 Å². The van der Waals surface area contributed by atoms with E-state index >= 15 is 0 Å². The Hall–Kier alpha value is -1.73. The van der Waals surface area contributed by atoms with E-state index in [1.807, 2.05) is 0 Å². The minimum Gasteiger partial charge on any atom is -0.491 e. The molecule has 0 spiro atoms. The number of thioether (sulfide) groups is 1. The SMILES string of the molecule is CSc1cc2c(cc1OCC(C)(C)C(=O)O)S(=O)(=O)N(C)[C@H](CCC(C)(F)F)CN2C1CC(F)(F)C1. The summed E-state index contributed by atoms with van der Waals surface area (Å²) in [7, 11) is -2.92. The Balaban J connectivity index is 2.09. The van der Waals surface area contributed by atoms with Crippen LogP contribution in [0.25, 0.3) is 0 Å². The maximum absolute atomic E-state index is 13.8. The van der Waals surface area contributed by atoms with Crippen LogP contribution in [0.3, 0.4) is 0 Å². The molecule has 1 N–H and O–H groups in total. The van der Waals surface area contributed by atoms with Crippen molar-refractivity contribution >= 4 is 33.4 Å². The average Bonchev–Trinajstić information content (AvgIpc) is 2.81. The Morgan fingerprint density at radius 3 is 2.36 bits per heavy atom. The molecular formula is C23H32F4N2O5S2. The molecule has 7 nitrogen and oxygen atoms in total. The number of hydrogen-bond donors (Lipinski definition) is 1. The second-order valence-electron chi connectivity index (χ2n) is 10.3. The smallest absolute Gasteiger partial charge is 0.312 e. The summed E-state index contributed by atoms with van der Waals surface area (Å²) in [5.41, 5.74) is -1.04. The zero-order chi connectivity index (χ0) is 27.3. The van der Waals surface area contributed by atoms with E-state index in [1.54, 1.807) is 17.2 Å². The molecular weight excluding hydrogens is 524 g/mol. The number of likely N-dealkylation sites (N-methyl/N-ethyl adjacent to an activating group) is 1. The van der Waals surface area contributed by atoms with Gasteiger partial charge in [-0.3, -0.25) is 4.79 Å². The lowest BCUT2D eigenvalue weighted by molar-refractivity contribution is -0.148. The third kappa shape index (κ3) is 6.04. The summed E-state index contributed by atoms with van der Waals surface area (Å²) in [5.74, 6) is -6.84. The highest BCUT2D eigenvalue weighted by molar-refractivity contribution is 7.98. The fourth-order valence-electron chi connectivity index (χ4n) is 4.23. The standard InChI is InChI=1S/C23H32F4N2O5S2/c1-21(2,20(30)31)13-34-17-9-19-16(8-18(17)35-5)29(15-10-23(26,27)11-15)12-14(6-7-22(3,24)25)28(4)36(19,32)33/h8-9,14-15H,6-7,10-13H2,1-5H3,(H,30,31)/t14-/m1/s1.